The zero-order chi connectivity index (χ0) is 22.3. The number of likely N-dealkylation sites (tertiary alicyclic amines) is 1. The molecule has 1 saturated heterocycles. The Hall–Kier alpha value is -2.84. The predicted octanol–water partition coefficient (Wildman–Crippen LogP) is 3.95. The topological polar surface area (TPSA) is 69.6 Å². The quantitative estimate of drug-likeness (QED) is 0.789. The van der Waals surface area contributed by atoms with Crippen LogP contribution in [0, 0.1) is 5.82 Å². The van der Waals surface area contributed by atoms with Crippen molar-refractivity contribution in [3.8, 4) is 17.0 Å². The summed E-state index contributed by atoms with van der Waals surface area (Å²) in [4.78, 5) is 15.3. The van der Waals surface area contributed by atoms with E-state index in [1.54, 1.807) is 36.0 Å². The van der Waals surface area contributed by atoms with Gasteiger partial charge in [-0.15, -0.1) is 10.2 Å². The zero-order valence-electron chi connectivity index (χ0n) is 17.5. The summed E-state index contributed by atoms with van der Waals surface area (Å²) >= 11 is 0. The molecular weight excluding hydrogens is 409 g/mol. The number of aromatic nitrogens is 2. The van der Waals surface area contributed by atoms with Gasteiger partial charge in [-0.3, -0.25) is 4.79 Å². The van der Waals surface area contributed by atoms with Gasteiger partial charge in [0.15, 0.2) is 5.82 Å². The van der Waals surface area contributed by atoms with E-state index >= 15 is 0 Å². The fourth-order valence-corrected chi connectivity index (χ4v) is 4.41. The summed E-state index contributed by atoms with van der Waals surface area (Å²) in [7, 11) is 3.41. The van der Waals surface area contributed by atoms with Crippen molar-refractivity contribution in [3.05, 3.63) is 35.6 Å². The summed E-state index contributed by atoms with van der Waals surface area (Å²) in [6, 6.07) is 5.45. The lowest BCUT2D eigenvalue weighted by Gasteiger charge is -2.29. The third-order valence-electron chi connectivity index (χ3n) is 6.43. The van der Waals surface area contributed by atoms with E-state index in [4.69, 9.17) is 0 Å². The van der Waals surface area contributed by atoms with E-state index in [9.17, 15) is 23.1 Å². The molecule has 31 heavy (non-hydrogen) atoms. The van der Waals surface area contributed by atoms with Crippen LogP contribution in [-0.2, 0) is 4.79 Å². The number of nitrogens with zero attached hydrogens (tertiary/aromatic N) is 4. The third kappa shape index (κ3) is 4.31. The van der Waals surface area contributed by atoms with Gasteiger partial charge in [0.1, 0.15) is 11.6 Å². The smallest absolute Gasteiger partial charge is 0.250 e. The van der Waals surface area contributed by atoms with Gasteiger partial charge in [-0.05, 0) is 48.6 Å². The van der Waals surface area contributed by atoms with Crippen LogP contribution in [0.5, 0.6) is 5.75 Å². The monoisotopic (exact) mass is 434 g/mol. The minimum Gasteiger partial charge on any atom is -0.507 e. The number of hydrogen-bond acceptors (Lipinski definition) is 5. The van der Waals surface area contributed by atoms with Crippen molar-refractivity contribution in [2.75, 3.05) is 25.5 Å². The maximum atomic E-state index is 14.8. The van der Waals surface area contributed by atoms with Gasteiger partial charge in [0.05, 0.1) is 5.69 Å². The molecule has 1 aliphatic carbocycles. The summed E-state index contributed by atoms with van der Waals surface area (Å²) in [5.74, 6) is -3.21. The number of aromatic hydroxyl groups is 1. The molecule has 1 aliphatic heterocycles. The summed E-state index contributed by atoms with van der Waals surface area (Å²) in [5, 5.41) is 18.7. The minimum atomic E-state index is -2.66. The summed E-state index contributed by atoms with van der Waals surface area (Å²) in [6.45, 7) is 0.541. The molecule has 1 aromatic carbocycles. The van der Waals surface area contributed by atoms with Crippen LogP contribution in [0.4, 0.5) is 19.0 Å². The fourth-order valence-electron chi connectivity index (χ4n) is 4.41. The van der Waals surface area contributed by atoms with Crippen LogP contribution >= 0.6 is 0 Å². The number of anilines is 1. The number of halogens is 3. The standard InChI is InChI=1S/C22H25F3N4O2/c1-28-8-6-13(9-21(28)31)15-11-19(30)16(10-17(15)23)18-3-4-20(27-26-18)29(2)14-5-7-22(24,25)12-14/h3-4,10-11,13-14,30H,5-9,12H2,1-2H3/t13-,14+/m0/s1. The molecule has 1 aromatic heterocycles. The second kappa shape index (κ2) is 8.01. The van der Waals surface area contributed by atoms with Crippen molar-refractivity contribution >= 4 is 11.7 Å². The van der Waals surface area contributed by atoms with Crippen LogP contribution < -0.4 is 4.90 Å². The Bertz CT molecular complexity index is 983. The van der Waals surface area contributed by atoms with Crippen molar-refractivity contribution in [3.63, 3.8) is 0 Å². The number of carbonyl (C=O) groups is 1. The van der Waals surface area contributed by atoms with E-state index in [0.29, 0.717) is 30.8 Å². The van der Waals surface area contributed by atoms with Gasteiger partial charge < -0.3 is 14.9 Å². The first-order chi connectivity index (χ1) is 14.6. The van der Waals surface area contributed by atoms with Gasteiger partial charge in [0, 0.05) is 51.5 Å². The van der Waals surface area contributed by atoms with E-state index < -0.39 is 11.7 Å². The molecule has 2 heterocycles. The van der Waals surface area contributed by atoms with Crippen molar-refractivity contribution in [1.82, 2.24) is 15.1 Å². The van der Waals surface area contributed by atoms with Crippen LogP contribution in [-0.4, -0.2) is 58.7 Å². The normalized spacial score (nSPS) is 23.3. The Kier molecular flexibility index (Phi) is 5.53. The molecule has 2 fully saturated rings. The number of phenolic OH excluding ortho intramolecular Hbond substituents is 1. The molecule has 0 radical (unpaired) electrons. The van der Waals surface area contributed by atoms with Crippen molar-refractivity contribution in [2.24, 2.45) is 0 Å². The molecule has 6 nitrogen and oxygen atoms in total. The van der Waals surface area contributed by atoms with Crippen LogP contribution in [0.2, 0.25) is 0 Å². The highest BCUT2D eigenvalue weighted by Gasteiger charge is 2.41. The van der Waals surface area contributed by atoms with E-state index in [1.807, 2.05) is 0 Å². The second-order valence-corrected chi connectivity index (χ2v) is 8.54. The molecular formula is C22H25F3N4O2. The second-order valence-electron chi connectivity index (χ2n) is 8.54. The summed E-state index contributed by atoms with van der Waals surface area (Å²) in [6.07, 6.45) is 0.835. The van der Waals surface area contributed by atoms with E-state index in [-0.39, 0.29) is 54.1 Å². The number of phenols is 1. The number of amides is 1. The Morgan fingerprint density at radius 3 is 2.61 bits per heavy atom. The van der Waals surface area contributed by atoms with Gasteiger partial charge in [0.25, 0.3) is 0 Å². The lowest BCUT2D eigenvalue weighted by Crippen LogP contribution is -2.35. The summed E-state index contributed by atoms with van der Waals surface area (Å²) < 4.78 is 41.8. The van der Waals surface area contributed by atoms with Crippen molar-refractivity contribution in [2.45, 2.75) is 50.0 Å². The molecule has 1 saturated carbocycles. The van der Waals surface area contributed by atoms with Crippen LogP contribution in [0.15, 0.2) is 24.3 Å². The highest BCUT2D eigenvalue weighted by molar-refractivity contribution is 5.78. The molecule has 1 N–H and O–H groups in total. The fraction of sp³-hybridized carbons (Fsp3) is 0.500. The van der Waals surface area contributed by atoms with Crippen LogP contribution in [0.1, 0.15) is 43.6 Å². The van der Waals surface area contributed by atoms with Gasteiger partial charge in [-0.2, -0.15) is 0 Å². The van der Waals surface area contributed by atoms with Gasteiger partial charge in [-0.1, -0.05) is 0 Å². The first-order valence-corrected chi connectivity index (χ1v) is 10.4. The van der Waals surface area contributed by atoms with E-state index in [1.165, 1.54) is 12.1 Å². The van der Waals surface area contributed by atoms with Gasteiger partial charge >= 0.3 is 0 Å². The van der Waals surface area contributed by atoms with Crippen molar-refractivity contribution < 1.29 is 23.1 Å². The minimum absolute atomic E-state index is 0.0511. The predicted molar refractivity (Wildman–Crippen MR) is 110 cm³/mol. The number of benzene rings is 1. The molecule has 0 bridgehead atoms. The third-order valence-corrected chi connectivity index (χ3v) is 6.43. The highest BCUT2D eigenvalue weighted by atomic mass is 19.3. The molecule has 1 amide bonds. The Balaban J connectivity index is 1.53. The molecule has 166 valence electrons. The van der Waals surface area contributed by atoms with E-state index in [2.05, 4.69) is 10.2 Å². The maximum Gasteiger partial charge on any atom is 0.250 e. The number of carbonyl (C=O) groups excluding carboxylic acids is 1. The first kappa shape index (κ1) is 21.4. The molecule has 0 spiro atoms. The number of rotatable bonds is 4. The number of alkyl halides is 2. The first-order valence-electron chi connectivity index (χ1n) is 10.4. The Labute approximate surface area is 178 Å². The molecule has 4 rings (SSSR count). The molecule has 2 aromatic rings. The molecule has 0 unspecified atom stereocenters. The largest absolute Gasteiger partial charge is 0.507 e. The Morgan fingerprint density at radius 2 is 2.00 bits per heavy atom. The van der Waals surface area contributed by atoms with Crippen LogP contribution in [0.25, 0.3) is 11.3 Å². The van der Waals surface area contributed by atoms with Crippen molar-refractivity contribution in [1.29, 1.82) is 0 Å². The molecule has 2 atom stereocenters. The van der Waals surface area contributed by atoms with Gasteiger partial charge in [0.2, 0.25) is 11.8 Å². The molecule has 9 heteroatoms. The van der Waals surface area contributed by atoms with Crippen LogP contribution in [0.3, 0.4) is 0 Å². The average molecular weight is 434 g/mol. The van der Waals surface area contributed by atoms with Gasteiger partial charge in [-0.25, -0.2) is 13.2 Å². The lowest BCUT2D eigenvalue weighted by molar-refractivity contribution is -0.132. The number of piperidine rings is 1. The lowest BCUT2D eigenvalue weighted by atomic mass is 9.87. The average Bonchev–Trinajstić information content (AvgIpc) is 3.11. The SMILES string of the molecule is CN1CC[C@H](c2cc(O)c(-c3ccc(N(C)[C@@H]4CCC(F)(F)C4)nn3)cc2F)CC1=O. The van der Waals surface area contributed by atoms with E-state index in [0.717, 1.165) is 0 Å². The Morgan fingerprint density at radius 1 is 1.23 bits per heavy atom. The highest BCUT2D eigenvalue weighted by Crippen LogP contribution is 2.39. The number of hydrogen-bond donors (Lipinski definition) is 1. The maximum absolute atomic E-state index is 14.8. The molecule has 2 aliphatic rings. The zero-order valence-corrected chi connectivity index (χ0v) is 17.5. The summed E-state index contributed by atoms with van der Waals surface area (Å²) in [5.41, 5.74) is 0.778.